The molecule has 0 saturated carbocycles. The Hall–Kier alpha value is -1.41. The number of hydrogen-bond acceptors (Lipinski definition) is 3. The van der Waals surface area contributed by atoms with E-state index in [-0.39, 0.29) is 17.8 Å². The summed E-state index contributed by atoms with van der Waals surface area (Å²) >= 11 is 6.32. The fourth-order valence-corrected chi connectivity index (χ4v) is 3.01. The van der Waals surface area contributed by atoms with Crippen molar-refractivity contribution in [3.63, 3.8) is 0 Å². The van der Waals surface area contributed by atoms with Crippen molar-refractivity contribution in [3.05, 3.63) is 26.6 Å². The molecule has 0 spiro atoms. The molecule has 0 aliphatic carbocycles. The number of amides is 3. The zero-order valence-corrected chi connectivity index (χ0v) is 11.9. The minimum atomic E-state index is -1.22. The number of anilines is 1. The molecule has 2 N–H and O–H groups in total. The van der Waals surface area contributed by atoms with Crippen LogP contribution in [0.4, 0.5) is 10.5 Å². The highest BCUT2D eigenvalue weighted by Crippen LogP contribution is 2.34. The average molecular weight is 378 g/mol. The van der Waals surface area contributed by atoms with Gasteiger partial charge >= 0.3 is 12.0 Å². The quantitative estimate of drug-likeness (QED) is 0.771. The van der Waals surface area contributed by atoms with Crippen LogP contribution in [-0.2, 0) is 4.79 Å². The van der Waals surface area contributed by atoms with E-state index >= 15 is 0 Å². The maximum Gasteiger partial charge on any atom is 0.337 e. The van der Waals surface area contributed by atoms with Crippen LogP contribution in [0.15, 0.2) is 21.1 Å². The molecule has 1 aromatic rings. The van der Waals surface area contributed by atoms with Crippen LogP contribution in [0.3, 0.4) is 0 Å². The zero-order valence-electron chi connectivity index (χ0n) is 8.74. The first kappa shape index (κ1) is 13.0. The van der Waals surface area contributed by atoms with E-state index in [1.54, 1.807) is 6.07 Å². The van der Waals surface area contributed by atoms with Crippen LogP contribution in [0.2, 0.25) is 0 Å². The monoisotopic (exact) mass is 376 g/mol. The summed E-state index contributed by atoms with van der Waals surface area (Å²) in [5, 5.41) is 11.5. The van der Waals surface area contributed by atoms with Crippen LogP contribution in [0.25, 0.3) is 0 Å². The summed E-state index contributed by atoms with van der Waals surface area (Å²) in [6.07, 6.45) is 0. The highest BCUT2D eigenvalue weighted by atomic mass is 79.9. The molecule has 1 heterocycles. The third kappa shape index (κ3) is 2.13. The van der Waals surface area contributed by atoms with Gasteiger partial charge in [-0.1, -0.05) is 15.9 Å². The van der Waals surface area contributed by atoms with E-state index in [1.165, 1.54) is 6.07 Å². The van der Waals surface area contributed by atoms with Crippen molar-refractivity contribution in [1.29, 1.82) is 0 Å². The van der Waals surface area contributed by atoms with Gasteiger partial charge in [0.2, 0.25) is 0 Å². The summed E-state index contributed by atoms with van der Waals surface area (Å²) in [4.78, 5) is 35.2. The van der Waals surface area contributed by atoms with Gasteiger partial charge in [-0.15, -0.1) is 0 Å². The minimum absolute atomic E-state index is 0.0331. The maximum absolute atomic E-state index is 11.6. The highest BCUT2D eigenvalue weighted by molar-refractivity contribution is 9.11. The Morgan fingerprint density at radius 3 is 2.50 bits per heavy atom. The Balaban J connectivity index is 2.66. The van der Waals surface area contributed by atoms with Crippen molar-refractivity contribution in [3.8, 4) is 0 Å². The molecule has 18 heavy (non-hydrogen) atoms. The second-order valence-electron chi connectivity index (χ2n) is 3.48. The lowest BCUT2D eigenvalue weighted by molar-refractivity contribution is -0.115. The summed E-state index contributed by atoms with van der Waals surface area (Å²) in [6.45, 7) is -0.138. The number of urea groups is 1. The number of carboxylic acids is 1. The lowest BCUT2D eigenvalue weighted by Crippen LogP contribution is -2.32. The number of carbonyl (C=O) groups is 3. The topological polar surface area (TPSA) is 86.7 Å². The predicted molar refractivity (Wildman–Crippen MR) is 69.7 cm³/mol. The van der Waals surface area contributed by atoms with Gasteiger partial charge in [0, 0.05) is 8.95 Å². The van der Waals surface area contributed by atoms with Crippen LogP contribution in [0.5, 0.6) is 0 Å². The molecule has 1 aliphatic heterocycles. The Morgan fingerprint density at radius 1 is 1.33 bits per heavy atom. The molecule has 2 rings (SSSR count). The summed E-state index contributed by atoms with van der Waals surface area (Å²) in [6, 6.07) is 2.27. The molecule has 8 heteroatoms. The molecular formula is C10H6Br2N2O4. The van der Waals surface area contributed by atoms with E-state index in [9.17, 15) is 14.4 Å². The zero-order chi connectivity index (χ0) is 13.4. The first-order valence-electron chi connectivity index (χ1n) is 4.75. The van der Waals surface area contributed by atoms with Gasteiger partial charge in [0.25, 0.3) is 5.91 Å². The van der Waals surface area contributed by atoms with E-state index in [0.29, 0.717) is 8.95 Å². The van der Waals surface area contributed by atoms with Crippen molar-refractivity contribution >= 4 is 55.5 Å². The molecule has 1 saturated heterocycles. The van der Waals surface area contributed by atoms with E-state index < -0.39 is 17.9 Å². The van der Waals surface area contributed by atoms with Crippen LogP contribution >= 0.6 is 31.9 Å². The van der Waals surface area contributed by atoms with Gasteiger partial charge in [0.15, 0.2) is 0 Å². The fraction of sp³-hybridized carbons (Fsp3) is 0.100. The number of carboxylic acid groups (broad SMARTS) is 1. The second kappa shape index (κ2) is 4.69. The summed E-state index contributed by atoms with van der Waals surface area (Å²) in [5.74, 6) is -1.72. The van der Waals surface area contributed by atoms with Crippen molar-refractivity contribution in [2.45, 2.75) is 0 Å². The van der Waals surface area contributed by atoms with Gasteiger partial charge in [0.05, 0.1) is 17.8 Å². The lowest BCUT2D eigenvalue weighted by Gasteiger charge is -2.17. The number of rotatable bonds is 2. The van der Waals surface area contributed by atoms with Crippen molar-refractivity contribution in [2.24, 2.45) is 0 Å². The third-order valence-electron chi connectivity index (χ3n) is 2.33. The standard InChI is InChI=1S/C10H6Br2N2O4/c11-4-1-5(9(16)17)8(6(12)2-4)14-7(15)3-13-10(14)18/h1-2H,3H2,(H,13,18)(H,16,17). The number of imide groups is 1. The number of hydrogen-bond donors (Lipinski definition) is 2. The van der Waals surface area contributed by atoms with Crippen LogP contribution in [-0.4, -0.2) is 29.6 Å². The largest absolute Gasteiger partial charge is 0.478 e. The molecule has 3 amide bonds. The Labute approximate surface area is 118 Å². The molecule has 1 aliphatic rings. The number of nitrogens with zero attached hydrogens (tertiary/aromatic N) is 1. The molecular weight excluding hydrogens is 372 g/mol. The lowest BCUT2D eigenvalue weighted by atomic mass is 10.1. The Kier molecular flexibility index (Phi) is 3.40. The van der Waals surface area contributed by atoms with Gasteiger partial charge in [-0.2, -0.15) is 0 Å². The molecule has 0 atom stereocenters. The number of halogens is 2. The fourth-order valence-electron chi connectivity index (χ4n) is 1.61. The predicted octanol–water partition coefficient (Wildman–Crippen LogP) is 1.97. The summed E-state index contributed by atoms with van der Waals surface area (Å²) < 4.78 is 0.877. The van der Waals surface area contributed by atoms with Crippen LogP contribution in [0, 0.1) is 0 Å². The van der Waals surface area contributed by atoms with Crippen molar-refractivity contribution in [2.75, 3.05) is 11.4 Å². The number of benzene rings is 1. The second-order valence-corrected chi connectivity index (χ2v) is 5.25. The molecule has 0 radical (unpaired) electrons. The van der Waals surface area contributed by atoms with Crippen molar-refractivity contribution in [1.82, 2.24) is 5.32 Å². The van der Waals surface area contributed by atoms with Gasteiger partial charge < -0.3 is 10.4 Å². The first-order valence-corrected chi connectivity index (χ1v) is 6.33. The molecule has 94 valence electrons. The van der Waals surface area contributed by atoms with E-state index in [2.05, 4.69) is 37.2 Å². The Morgan fingerprint density at radius 2 is 2.00 bits per heavy atom. The molecule has 1 fully saturated rings. The SMILES string of the molecule is O=C(O)c1cc(Br)cc(Br)c1N1C(=O)CNC1=O. The average Bonchev–Trinajstić information content (AvgIpc) is 2.58. The summed E-state index contributed by atoms with van der Waals surface area (Å²) in [5.41, 5.74) is -0.104. The van der Waals surface area contributed by atoms with Crippen molar-refractivity contribution < 1.29 is 19.5 Å². The van der Waals surface area contributed by atoms with Gasteiger partial charge in [0.1, 0.15) is 0 Å². The Bertz CT molecular complexity index is 557. The molecule has 0 unspecified atom stereocenters. The van der Waals surface area contributed by atoms with Crippen LogP contribution < -0.4 is 10.2 Å². The number of carbonyl (C=O) groups excluding carboxylic acids is 2. The van der Waals surface area contributed by atoms with E-state index in [0.717, 1.165) is 4.90 Å². The van der Waals surface area contributed by atoms with E-state index in [1.807, 2.05) is 0 Å². The highest BCUT2D eigenvalue weighted by Gasteiger charge is 2.34. The minimum Gasteiger partial charge on any atom is -0.478 e. The first-order chi connectivity index (χ1) is 8.41. The summed E-state index contributed by atoms with van der Waals surface area (Å²) in [7, 11) is 0. The number of nitrogens with one attached hydrogen (secondary N) is 1. The van der Waals surface area contributed by atoms with E-state index in [4.69, 9.17) is 5.11 Å². The third-order valence-corrected chi connectivity index (χ3v) is 3.39. The normalized spacial score (nSPS) is 14.9. The van der Waals surface area contributed by atoms with Crippen LogP contribution in [0.1, 0.15) is 10.4 Å². The van der Waals surface area contributed by atoms with Gasteiger partial charge in [-0.05, 0) is 28.1 Å². The molecule has 0 bridgehead atoms. The maximum atomic E-state index is 11.6. The molecule has 6 nitrogen and oxygen atoms in total. The molecule has 0 aromatic heterocycles. The van der Waals surface area contributed by atoms with Gasteiger partial charge in [-0.25, -0.2) is 14.5 Å². The van der Waals surface area contributed by atoms with Gasteiger partial charge in [-0.3, -0.25) is 4.79 Å². The molecule has 1 aromatic carbocycles. The smallest absolute Gasteiger partial charge is 0.337 e. The number of aromatic carboxylic acids is 1.